The van der Waals surface area contributed by atoms with Crippen LogP contribution in [0.5, 0.6) is 0 Å². The van der Waals surface area contributed by atoms with E-state index in [1.165, 1.54) is 19.5 Å². The molecule has 1 aliphatic heterocycles. The number of hydrogen-bond donors (Lipinski definition) is 0. The van der Waals surface area contributed by atoms with Crippen LogP contribution in [0.3, 0.4) is 0 Å². The van der Waals surface area contributed by atoms with Gasteiger partial charge in [0.2, 0.25) is 0 Å². The molecule has 0 N–H and O–H groups in total. The molecule has 3 heteroatoms. The number of ether oxygens (including phenoxy) is 2. The fraction of sp³-hybridized carbons (Fsp3) is 1.00. The molecule has 0 saturated carbocycles. The predicted molar refractivity (Wildman–Crippen MR) is 48.3 cm³/mol. The van der Waals surface area contributed by atoms with Crippen LogP contribution in [0.4, 0.5) is 0 Å². The van der Waals surface area contributed by atoms with Gasteiger partial charge in [-0.1, -0.05) is 0 Å². The second-order valence-electron chi connectivity index (χ2n) is 3.29. The van der Waals surface area contributed by atoms with Crippen molar-refractivity contribution in [1.29, 1.82) is 0 Å². The molecule has 0 aromatic heterocycles. The summed E-state index contributed by atoms with van der Waals surface area (Å²) >= 11 is 0. The maximum absolute atomic E-state index is 5.34. The first kappa shape index (κ1) is 9.96. The van der Waals surface area contributed by atoms with Gasteiger partial charge in [0.15, 0.2) is 0 Å². The van der Waals surface area contributed by atoms with E-state index < -0.39 is 0 Å². The topological polar surface area (TPSA) is 21.7 Å². The summed E-state index contributed by atoms with van der Waals surface area (Å²) in [7, 11) is 3.51. The van der Waals surface area contributed by atoms with Gasteiger partial charge in [-0.2, -0.15) is 0 Å². The van der Waals surface area contributed by atoms with Gasteiger partial charge in [-0.25, -0.2) is 0 Å². The second kappa shape index (κ2) is 5.51. The highest BCUT2D eigenvalue weighted by Crippen LogP contribution is 2.09. The van der Waals surface area contributed by atoms with Crippen LogP contribution in [0.2, 0.25) is 0 Å². The number of methoxy groups -OCH3 is 2. The summed E-state index contributed by atoms with van der Waals surface area (Å²) in [5.41, 5.74) is 0. The fourth-order valence-electron chi connectivity index (χ4n) is 1.39. The molecule has 0 aromatic rings. The van der Waals surface area contributed by atoms with Crippen molar-refractivity contribution in [2.75, 3.05) is 40.5 Å². The quantitative estimate of drug-likeness (QED) is 0.591. The zero-order chi connectivity index (χ0) is 8.81. The van der Waals surface area contributed by atoms with Crippen LogP contribution in [-0.4, -0.2) is 51.5 Å². The molecular formula is C9H19NO2. The average Bonchev–Trinajstić information content (AvgIpc) is 2.02. The molecule has 0 aliphatic carbocycles. The van der Waals surface area contributed by atoms with Gasteiger partial charge in [0.25, 0.3) is 0 Å². The van der Waals surface area contributed by atoms with Crippen molar-refractivity contribution in [2.24, 2.45) is 0 Å². The molecule has 0 amide bonds. The molecule has 3 nitrogen and oxygen atoms in total. The summed E-state index contributed by atoms with van der Waals surface area (Å²) in [6, 6.07) is 0. The minimum atomic E-state index is 0.352. The molecule has 1 fully saturated rings. The standard InChI is InChI=1S/C9H19NO2/c1-11-7-4-9(12-2)8-10-5-3-6-10/h9H,3-8H2,1-2H3. The number of hydrogen-bond acceptors (Lipinski definition) is 3. The highest BCUT2D eigenvalue weighted by Gasteiger charge is 2.18. The van der Waals surface area contributed by atoms with E-state index in [2.05, 4.69) is 4.90 Å². The van der Waals surface area contributed by atoms with Crippen LogP contribution in [0.25, 0.3) is 0 Å². The molecule has 1 rings (SSSR count). The Labute approximate surface area is 74.6 Å². The van der Waals surface area contributed by atoms with E-state index in [1.807, 2.05) is 0 Å². The number of nitrogens with zero attached hydrogens (tertiary/aromatic N) is 1. The third-order valence-electron chi connectivity index (χ3n) is 2.39. The van der Waals surface area contributed by atoms with Crippen molar-refractivity contribution in [2.45, 2.75) is 18.9 Å². The molecular weight excluding hydrogens is 154 g/mol. The maximum atomic E-state index is 5.34. The monoisotopic (exact) mass is 173 g/mol. The van der Waals surface area contributed by atoms with Crippen molar-refractivity contribution in [3.8, 4) is 0 Å². The van der Waals surface area contributed by atoms with Gasteiger partial charge in [0.1, 0.15) is 0 Å². The highest BCUT2D eigenvalue weighted by molar-refractivity contribution is 4.72. The lowest BCUT2D eigenvalue weighted by atomic mass is 10.1. The van der Waals surface area contributed by atoms with E-state index in [-0.39, 0.29) is 0 Å². The van der Waals surface area contributed by atoms with Crippen LogP contribution in [-0.2, 0) is 9.47 Å². The van der Waals surface area contributed by atoms with Crippen molar-refractivity contribution >= 4 is 0 Å². The van der Waals surface area contributed by atoms with Crippen molar-refractivity contribution in [3.05, 3.63) is 0 Å². The summed E-state index contributed by atoms with van der Waals surface area (Å²) in [5, 5.41) is 0. The first-order valence-corrected chi connectivity index (χ1v) is 4.61. The van der Waals surface area contributed by atoms with Gasteiger partial charge in [0.05, 0.1) is 6.10 Å². The van der Waals surface area contributed by atoms with Crippen molar-refractivity contribution in [3.63, 3.8) is 0 Å². The Morgan fingerprint density at radius 1 is 1.33 bits per heavy atom. The minimum Gasteiger partial charge on any atom is -0.385 e. The third-order valence-corrected chi connectivity index (χ3v) is 2.39. The SMILES string of the molecule is COCCC(CN1CCC1)OC. The normalized spacial score (nSPS) is 20.5. The molecule has 12 heavy (non-hydrogen) atoms. The molecule has 1 unspecified atom stereocenters. The predicted octanol–water partition coefficient (Wildman–Crippen LogP) is 0.744. The summed E-state index contributed by atoms with van der Waals surface area (Å²) in [6.07, 6.45) is 2.70. The lowest BCUT2D eigenvalue weighted by Gasteiger charge is -2.33. The van der Waals surface area contributed by atoms with Crippen LogP contribution in [0.15, 0.2) is 0 Å². The molecule has 1 atom stereocenters. The second-order valence-corrected chi connectivity index (χ2v) is 3.29. The van der Waals surface area contributed by atoms with Gasteiger partial charge >= 0.3 is 0 Å². The average molecular weight is 173 g/mol. The van der Waals surface area contributed by atoms with Gasteiger partial charge in [-0.05, 0) is 25.9 Å². The fourth-order valence-corrected chi connectivity index (χ4v) is 1.39. The van der Waals surface area contributed by atoms with Gasteiger partial charge in [0, 0.05) is 27.4 Å². The number of rotatable bonds is 6. The van der Waals surface area contributed by atoms with Crippen LogP contribution >= 0.6 is 0 Å². The van der Waals surface area contributed by atoms with Crippen molar-refractivity contribution < 1.29 is 9.47 Å². The zero-order valence-electron chi connectivity index (χ0n) is 8.08. The summed E-state index contributed by atoms with van der Waals surface area (Å²) in [4.78, 5) is 2.42. The van der Waals surface area contributed by atoms with Crippen LogP contribution < -0.4 is 0 Å². The minimum absolute atomic E-state index is 0.352. The molecule has 1 heterocycles. The maximum Gasteiger partial charge on any atom is 0.0720 e. The van der Waals surface area contributed by atoms with E-state index in [1.54, 1.807) is 14.2 Å². The lowest BCUT2D eigenvalue weighted by molar-refractivity contribution is 0.0226. The molecule has 0 aromatic carbocycles. The van der Waals surface area contributed by atoms with Gasteiger partial charge < -0.3 is 14.4 Å². The first-order chi connectivity index (χ1) is 5.86. The largest absolute Gasteiger partial charge is 0.385 e. The Balaban J connectivity index is 2.06. The Bertz CT molecular complexity index is 115. The zero-order valence-corrected chi connectivity index (χ0v) is 8.08. The number of likely N-dealkylation sites (tertiary alicyclic amines) is 1. The van der Waals surface area contributed by atoms with Crippen molar-refractivity contribution in [1.82, 2.24) is 4.90 Å². The smallest absolute Gasteiger partial charge is 0.0720 e. The lowest BCUT2D eigenvalue weighted by Crippen LogP contribution is -2.42. The Hall–Kier alpha value is -0.120. The molecule has 1 saturated heterocycles. The van der Waals surface area contributed by atoms with E-state index >= 15 is 0 Å². The van der Waals surface area contributed by atoms with Crippen LogP contribution in [0.1, 0.15) is 12.8 Å². The Morgan fingerprint density at radius 2 is 2.08 bits per heavy atom. The first-order valence-electron chi connectivity index (χ1n) is 4.61. The molecule has 1 aliphatic rings. The summed E-state index contributed by atoms with van der Waals surface area (Å²) < 4.78 is 10.3. The van der Waals surface area contributed by atoms with Gasteiger partial charge in [-0.15, -0.1) is 0 Å². The Morgan fingerprint density at radius 3 is 2.50 bits per heavy atom. The van der Waals surface area contributed by atoms with E-state index in [0.29, 0.717) is 6.10 Å². The van der Waals surface area contributed by atoms with E-state index in [9.17, 15) is 0 Å². The van der Waals surface area contributed by atoms with E-state index in [0.717, 1.165) is 19.6 Å². The molecule has 72 valence electrons. The molecule has 0 bridgehead atoms. The van der Waals surface area contributed by atoms with Gasteiger partial charge in [-0.3, -0.25) is 0 Å². The Kier molecular flexibility index (Phi) is 4.58. The molecule has 0 radical (unpaired) electrons. The summed E-state index contributed by atoms with van der Waals surface area (Å²) in [6.45, 7) is 4.35. The summed E-state index contributed by atoms with van der Waals surface area (Å²) in [5.74, 6) is 0. The van der Waals surface area contributed by atoms with Crippen LogP contribution in [0, 0.1) is 0 Å². The molecule has 0 spiro atoms. The highest BCUT2D eigenvalue weighted by atomic mass is 16.5. The third kappa shape index (κ3) is 3.09. The van der Waals surface area contributed by atoms with E-state index in [4.69, 9.17) is 9.47 Å².